The van der Waals surface area contributed by atoms with Gasteiger partial charge in [0.15, 0.2) is 0 Å². The van der Waals surface area contributed by atoms with Crippen LogP contribution in [0, 0.1) is 23.1 Å². The number of nitrogens with zero attached hydrogens (tertiary/aromatic N) is 1. The van der Waals surface area contributed by atoms with Crippen molar-refractivity contribution in [2.45, 2.75) is 19.9 Å². The summed E-state index contributed by atoms with van der Waals surface area (Å²) in [6, 6.07) is 3.53. The van der Waals surface area contributed by atoms with Crippen molar-refractivity contribution in [2.75, 3.05) is 5.32 Å². The molecule has 6 nitrogen and oxygen atoms in total. The van der Waals surface area contributed by atoms with Gasteiger partial charge in [-0.05, 0) is 18.1 Å². The number of urea groups is 1. The molecule has 0 bridgehead atoms. The molecule has 0 aliphatic rings. The van der Waals surface area contributed by atoms with E-state index in [4.69, 9.17) is 10.4 Å². The second-order valence-electron chi connectivity index (χ2n) is 4.43. The van der Waals surface area contributed by atoms with Gasteiger partial charge < -0.3 is 15.7 Å². The van der Waals surface area contributed by atoms with Gasteiger partial charge >= 0.3 is 12.0 Å². The Morgan fingerprint density at radius 1 is 1.40 bits per heavy atom. The van der Waals surface area contributed by atoms with Crippen LogP contribution in [0.1, 0.15) is 19.4 Å². The molecular weight excluding hydrogens is 265 g/mol. The normalized spacial score (nSPS) is 11.6. The van der Waals surface area contributed by atoms with E-state index in [-0.39, 0.29) is 17.2 Å². The lowest BCUT2D eigenvalue weighted by Gasteiger charge is -2.18. The van der Waals surface area contributed by atoms with Gasteiger partial charge in [0.2, 0.25) is 0 Å². The zero-order valence-electron chi connectivity index (χ0n) is 11.0. The number of nitriles is 1. The maximum Gasteiger partial charge on any atom is 0.326 e. The van der Waals surface area contributed by atoms with Crippen LogP contribution in [0.25, 0.3) is 0 Å². The summed E-state index contributed by atoms with van der Waals surface area (Å²) in [5.74, 6) is -2.25. The van der Waals surface area contributed by atoms with E-state index in [1.54, 1.807) is 19.9 Å². The first-order valence-electron chi connectivity index (χ1n) is 5.85. The van der Waals surface area contributed by atoms with E-state index >= 15 is 0 Å². The molecule has 1 rings (SSSR count). The number of anilines is 1. The van der Waals surface area contributed by atoms with Crippen LogP contribution in [0.5, 0.6) is 0 Å². The molecule has 0 fully saturated rings. The van der Waals surface area contributed by atoms with Crippen molar-refractivity contribution in [1.82, 2.24) is 5.32 Å². The number of aliphatic carboxylic acids is 1. The summed E-state index contributed by atoms with van der Waals surface area (Å²) in [6.45, 7) is 3.28. The zero-order valence-corrected chi connectivity index (χ0v) is 11.0. The van der Waals surface area contributed by atoms with E-state index in [1.807, 2.05) is 0 Å². The van der Waals surface area contributed by atoms with E-state index in [0.717, 1.165) is 6.07 Å². The molecule has 3 N–H and O–H groups in total. The molecule has 1 atom stereocenters. The van der Waals surface area contributed by atoms with Crippen LogP contribution in [0.15, 0.2) is 18.2 Å². The maximum absolute atomic E-state index is 13.3. The number of nitrogens with one attached hydrogen (secondary N) is 2. The lowest BCUT2D eigenvalue weighted by Crippen LogP contribution is -2.46. The van der Waals surface area contributed by atoms with Crippen LogP contribution >= 0.6 is 0 Å². The highest BCUT2D eigenvalue weighted by atomic mass is 19.1. The summed E-state index contributed by atoms with van der Waals surface area (Å²) in [5, 5.41) is 22.3. The number of hydrogen-bond donors (Lipinski definition) is 3. The number of hydrogen-bond acceptors (Lipinski definition) is 3. The molecule has 7 heteroatoms. The van der Waals surface area contributed by atoms with Crippen LogP contribution in [-0.2, 0) is 4.79 Å². The predicted octanol–water partition coefficient (Wildman–Crippen LogP) is 1.93. The van der Waals surface area contributed by atoms with Crippen molar-refractivity contribution in [3.05, 3.63) is 29.6 Å². The summed E-state index contributed by atoms with van der Waals surface area (Å²) in [4.78, 5) is 22.6. The molecule has 0 aliphatic heterocycles. The van der Waals surface area contributed by atoms with Gasteiger partial charge in [0, 0.05) is 0 Å². The number of carbonyl (C=O) groups excluding carboxylic acids is 1. The number of carbonyl (C=O) groups is 2. The number of carboxylic acids is 1. The Morgan fingerprint density at radius 2 is 2.05 bits per heavy atom. The number of amides is 2. The number of rotatable bonds is 4. The van der Waals surface area contributed by atoms with Crippen molar-refractivity contribution >= 4 is 17.7 Å². The maximum atomic E-state index is 13.3. The van der Waals surface area contributed by atoms with Gasteiger partial charge in [-0.2, -0.15) is 5.26 Å². The SMILES string of the molecule is CC(C)C(NC(=O)Nc1cccc(F)c1C#N)C(=O)O. The van der Waals surface area contributed by atoms with Crippen LogP contribution in [0.4, 0.5) is 14.9 Å². The standard InChI is InChI=1S/C13H14FN3O3/c1-7(2)11(12(18)19)17-13(20)16-10-5-3-4-9(14)8(10)6-15/h3-5,7,11H,1-2H3,(H,18,19)(H2,16,17,20). The first-order chi connectivity index (χ1) is 9.36. The van der Waals surface area contributed by atoms with Crippen LogP contribution < -0.4 is 10.6 Å². The lowest BCUT2D eigenvalue weighted by molar-refractivity contribution is -0.140. The van der Waals surface area contributed by atoms with Crippen molar-refractivity contribution in [3.8, 4) is 6.07 Å². The average molecular weight is 279 g/mol. The van der Waals surface area contributed by atoms with Gasteiger partial charge in [-0.15, -0.1) is 0 Å². The minimum absolute atomic E-state index is 0.0158. The second-order valence-corrected chi connectivity index (χ2v) is 4.43. The Balaban J connectivity index is 2.85. The van der Waals surface area contributed by atoms with Crippen molar-refractivity contribution in [1.29, 1.82) is 5.26 Å². The zero-order chi connectivity index (χ0) is 15.3. The third kappa shape index (κ3) is 3.68. The Hall–Kier alpha value is -2.62. The minimum Gasteiger partial charge on any atom is -0.480 e. The van der Waals surface area contributed by atoms with Gasteiger partial charge in [0.1, 0.15) is 23.5 Å². The summed E-state index contributed by atoms with van der Waals surface area (Å²) in [6.07, 6.45) is 0. The Morgan fingerprint density at radius 3 is 2.55 bits per heavy atom. The topological polar surface area (TPSA) is 102 Å². The molecule has 106 valence electrons. The fourth-order valence-corrected chi connectivity index (χ4v) is 1.56. The number of halogens is 1. The second kappa shape index (κ2) is 6.52. The van der Waals surface area contributed by atoms with Gasteiger partial charge in [-0.1, -0.05) is 19.9 Å². The molecule has 0 aliphatic carbocycles. The number of carboxylic acid groups (broad SMARTS) is 1. The molecule has 0 heterocycles. The van der Waals surface area contributed by atoms with Crippen LogP contribution in [0.3, 0.4) is 0 Å². The largest absolute Gasteiger partial charge is 0.480 e. The Kier molecular flexibility index (Phi) is 5.03. The first kappa shape index (κ1) is 15.4. The number of benzene rings is 1. The summed E-state index contributed by atoms with van der Waals surface area (Å²) >= 11 is 0. The highest BCUT2D eigenvalue weighted by Crippen LogP contribution is 2.17. The highest BCUT2D eigenvalue weighted by molar-refractivity contribution is 5.93. The highest BCUT2D eigenvalue weighted by Gasteiger charge is 2.23. The molecule has 1 aromatic carbocycles. The lowest BCUT2D eigenvalue weighted by atomic mass is 10.1. The van der Waals surface area contributed by atoms with Crippen LogP contribution in [-0.4, -0.2) is 23.1 Å². The van der Waals surface area contributed by atoms with E-state index in [9.17, 15) is 14.0 Å². The van der Waals surface area contributed by atoms with E-state index in [2.05, 4.69) is 10.6 Å². The van der Waals surface area contributed by atoms with E-state index in [1.165, 1.54) is 12.1 Å². The molecule has 2 amide bonds. The van der Waals surface area contributed by atoms with Gasteiger partial charge in [0.05, 0.1) is 5.69 Å². The summed E-state index contributed by atoms with van der Waals surface area (Å²) < 4.78 is 13.3. The quantitative estimate of drug-likeness (QED) is 0.783. The van der Waals surface area contributed by atoms with Gasteiger partial charge in [0.25, 0.3) is 0 Å². The molecule has 1 unspecified atom stereocenters. The molecule has 0 saturated carbocycles. The fourth-order valence-electron chi connectivity index (χ4n) is 1.56. The Bertz CT molecular complexity index is 566. The van der Waals surface area contributed by atoms with E-state index in [0.29, 0.717) is 0 Å². The molecule has 0 spiro atoms. The minimum atomic E-state index is -1.17. The van der Waals surface area contributed by atoms with Crippen LogP contribution in [0.2, 0.25) is 0 Å². The summed E-state index contributed by atoms with van der Waals surface area (Å²) in [5.41, 5.74) is -0.322. The monoisotopic (exact) mass is 279 g/mol. The first-order valence-corrected chi connectivity index (χ1v) is 5.85. The van der Waals surface area contributed by atoms with Gasteiger partial charge in [-0.3, -0.25) is 0 Å². The fraction of sp³-hybridized carbons (Fsp3) is 0.308. The molecule has 0 radical (unpaired) electrons. The predicted molar refractivity (Wildman–Crippen MR) is 69.5 cm³/mol. The third-order valence-corrected chi connectivity index (χ3v) is 2.59. The summed E-state index contributed by atoms with van der Waals surface area (Å²) in [7, 11) is 0. The Labute approximate surface area is 115 Å². The molecule has 1 aromatic rings. The molecule has 0 aromatic heterocycles. The van der Waals surface area contributed by atoms with Gasteiger partial charge in [-0.25, -0.2) is 14.0 Å². The average Bonchev–Trinajstić information content (AvgIpc) is 2.35. The van der Waals surface area contributed by atoms with Crippen molar-refractivity contribution in [2.24, 2.45) is 5.92 Å². The molecular formula is C13H14FN3O3. The van der Waals surface area contributed by atoms with Crippen molar-refractivity contribution < 1.29 is 19.1 Å². The molecule has 20 heavy (non-hydrogen) atoms. The van der Waals surface area contributed by atoms with E-state index < -0.39 is 23.9 Å². The smallest absolute Gasteiger partial charge is 0.326 e. The third-order valence-electron chi connectivity index (χ3n) is 2.59. The van der Waals surface area contributed by atoms with Crippen molar-refractivity contribution in [3.63, 3.8) is 0 Å². The molecule has 0 saturated heterocycles.